The van der Waals surface area contributed by atoms with Crippen LogP contribution in [0.1, 0.15) is 61.3 Å². The van der Waals surface area contributed by atoms with Gasteiger partial charge in [-0.1, -0.05) is 0 Å². The number of amides is 1. The average Bonchev–Trinajstić information content (AvgIpc) is 3.60. The summed E-state index contributed by atoms with van der Waals surface area (Å²) in [6.45, 7) is 5.60. The van der Waals surface area contributed by atoms with Crippen molar-refractivity contribution in [1.29, 1.82) is 0 Å². The van der Waals surface area contributed by atoms with Crippen molar-refractivity contribution in [3.05, 3.63) is 69.8 Å². The Kier molecular flexibility index (Phi) is 8.50. The van der Waals surface area contributed by atoms with Crippen molar-refractivity contribution < 1.29 is 18.3 Å². The molecule has 7 rings (SSSR count). The monoisotopic (exact) mass is 644 g/mol. The molecule has 4 aromatic rings. The lowest BCUT2D eigenvalue weighted by molar-refractivity contribution is -0.137. The van der Waals surface area contributed by atoms with Gasteiger partial charge in [0, 0.05) is 78.7 Å². The zero-order valence-corrected chi connectivity index (χ0v) is 27.3. The number of alkyl halides is 2. The minimum atomic E-state index is -2.68. The van der Waals surface area contributed by atoms with Crippen LogP contribution in [0.2, 0.25) is 0 Å². The second-order valence-electron chi connectivity index (χ2n) is 13.2. The number of piperidine rings is 2. The molecule has 0 spiro atoms. The number of pyridine rings is 1. The fourth-order valence-electron chi connectivity index (χ4n) is 7.70. The number of methoxy groups -OCH3 is 1. The van der Waals surface area contributed by atoms with Gasteiger partial charge in [0.15, 0.2) is 0 Å². The molecule has 2 saturated heterocycles. The van der Waals surface area contributed by atoms with E-state index in [-0.39, 0.29) is 29.0 Å². The average molecular weight is 645 g/mol. The predicted octanol–water partition coefficient (Wildman–Crippen LogP) is 5.90. The molecule has 3 aliphatic rings. The number of anilines is 2. The standard InChI is InChI=1S/C36H42F2N6O3/c1-22-15-30-32(41(2)35(22)45)17-27(47-3)18-33(30)43-12-4-5-24-16-28(29(34(37)38)19-31(24)43)25-20-40-44(21-25)26-8-13-42(14-9-26)36(46)23-6-10-39-11-7-23/h15-21,23,26,34,39H,4-14H2,1-3H3. The quantitative estimate of drug-likeness (QED) is 0.281. The van der Waals surface area contributed by atoms with Crippen LogP contribution in [0.25, 0.3) is 22.0 Å². The van der Waals surface area contributed by atoms with E-state index < -0.39 is 6.43 Å². The first-order valence-corrected chi connectivity index (χ1v) is 16.7. The lowest BCUT2D eigenvalue weighted by Crippen LogP contribution is -2.44. The van der Waals surface area contributed by atoms with Crippen LogP contribution in [-0.2, 0) is 18.3 Å². The van der Waals surface area contributed by atoms with Gasteiger partial charge < -0.3 is 24.4 Å². The summed E-state index contributed by atoms with van der Waals surface area (Å²) < 4.78 is 38.8. The number of hydrogen-bond donors (Lipinski definition) is 1. The summed E-state index contributed by atoms with van der Waals surface area (Å²) >= 11 is 0. The summed E-state index contributed by atoms with van der Waals surface area (Å²) in [7, 11) is 3.33. The minimum Gasteiger partial charge on any atom is -0.497 e. The fourth-order valence-corrected chi connectivity index (χ4v) is 7.70. The van der Waals surface area contributed by atoms with Crippen LogP contribution in [0.3, 0.4) is 0 Å². The molecule has 2 aromatic heterocycles. The number of aromatic nitrogens is 3. The molecule has 0 bridgehead atoms. The molecule has 3 aliphatic heterocycles. The predicted molar refractivity (Wildman–Crippen MR) is 179 cm³/mol. The Morgan fingerprint density at radius 2 is 1.79 bits per heavy atom. The lowest BCUT2D eigenvalue weighted by Gasteiger charge is -2.35. The molecule has 0 unspecified atom stereocenters. The smallest absolute Gasteiger partial charge is 0.264 e. The van der Waals surface area contributed by atoms with Gasteiger partial charge in [0.25, 0.3) is 12.0 Å². The molecule has 2 aromatic carbocycles. The van der Waals surface area contributed by atoms with Crippen LogP contribution in [0.15, 0.2) is 47.5 Å². The molecule has 5 heterocycles. The van der Waals surface area contributed by atoms with E-state index in [4.69, 9.17) is 4.74 Å². The number of benzene rings is 2. The highest BCUT2D eigenvalue weighted by molar-refractivity contribution is 5.97. The molecule has 11 heteroatoms. The molecule has 0 radical (unpaired) electrons. The first kappa shape index (κ1) is 31.4. The Labute approximate surface area is 273 Å². The van der Waals surface area contributed by atoms with Crippen LogP contribution >= 0.6 is 0 Å². The topological polar surface area (TPSA) is 84.6 Å². The molecule has 2 fully saturated rings. The number of rotatable bonds is 6. The van der Waals surface area contributed by atoms with Gasteiger partial charge in [0.1, 0.15) is 5.75 Å². The van der Waals surface area contributed by atoms with Crippen molar-refractivity contribution in [2.75, 3.05) is 44.7 Å². The summed E-state index contributed by atoms with van der Waals surface area (Å²) in [4.78, 5) is 29.9. The molecule has 47 heavy (non-hydrogen) atoms. The highest BCUT2D eigenvalue weighted by Crippen LogP contribution is 2.44. The second kappa shape index (κ2) is 12.7. The number of carbonyl (C=O) groups is 1. The summed E-state index contributed by atoms with van der Waals surface area (Å²) in [5, 5.41) is 8.83. The van der Waals surface area contributed by atoms with Crippen LogP contribution in [0.4, 0.5) is 20.2 Å². The van der Waals surface area contributed by atoms with Gasteiger partial charge >= 0.3 is 0 Å². The van der Waals surface area contributed by atoms with Crippen molar-refractivity contribution >= 4 is 28.2 Å². The zero-order chi connectivity index (χ0) is 32.8. The van der Waals surface area contributed by atoms with E-state index in [9.17, 15) is 18.4 Å². The van der Waals surface area contributed by atoms with Crippen molar-refractivity contribution in [2.45, 2.75) is 57.9 Å². The third-order valence-electron chi connectivity index (χ3n) is 10.4. The fraction of sp³-hybridized carbons (Fsp3) is 0.472. The van der Waals surface area contributed by atoms with E-state index in [0.29, 0.717) is 42.1 Å². The van der Waals surface area contributed by atoms with Crippen LogP contribution < -0.4 is 20.5 Å². The molecular formula is C36H42F2N6O3. The normalized spacial score (nSPS) is 17.8. The van der Waals surface area contributed by atoms with E-state index in [1.807, 2.05) is 40.0 Å². The number of halogens is 2. The largest absolute Gasteiger partial charge is 0.497 e. The van der Waals surface area contributed by atoms with E-state index in [1.165, 1.54) is 0 Å². The van der Waals surface area contributed by atoms with E-state index in [2.05, 4.69) is 15.3 Å². The van der Waals surface area contributed by atoms with Gasteiger partial charge in [-0.2, -0.15) is 5.10 Å². The maximum Gasteiger partial charge on any atom is 0.264 e. The third kappa shape index (κ3) is 5.79. The third-order valence-corrected chi connectivity index (χ3v) is 10.4. The number of aryl methyl sites for hydroxylation is 3. The molecule has 1 amide bonds. The molecule has 0 aliphatic carbocycles. The molecule has 1 N–H and O–H groups in total. The summed E-state index contributed by atoms with van der Waals surface area (Å²) in [6.07, 6.45) is 5.87. The molecule has 9 nitrogen and oxygen atoms in total. The van der Waals surface area contributed by atoms with Crippen LogP contribution in [0, 0.1) is 12.8 Å². The number of carbonyl (C=O) groups excluding carboxylic acids is 1. The SMILES string of the molecule is COc1cc(N2CCCc3cc(-c4cnn(C5CCN(C(=O)C6CCNCC6)CC5)c4)c(C(F)F)cc32)c2cc(C)c(=O)n(C)c2c1. The number of hydrogen-bond acceptors (Lipinski definition) is 6. The highest BCUT2D eigenvalue weighted by Gasteiger charge is 2.31. The zero-order valence-electron chi connectivity index (χ0n) is 27.3. The van der Waals surface area contributed by atoms with Gasteiger partial charge in [-0.25, -0.2) is 8.78 Å². The van der Waals surface area contributed by atoms with Gasteiger partial charge in [0.05, 0.1) is 30.6 Å². The van der Waals surface area contributed by atoms with Crippen molar-refractivity contribution in [2.24, 2.45) is 13.0 Å². The second-order valence-corrected chi connectivity index (χ2v) is 13.2. The molecule has 0 atom stereocenters. The Balaban J connectivity index is 1.19. The van der Waals surface area contributed by atoms with Gasteiger partial charge in [-0.3, -0.25) is 14.3 Å². The van der Waals surface area contributed by atoms with E-state index >= 15 is 0 Å². The summed E-state index contributed by atoms with van der Waals surface area (Å²) in [5.41, 5.74) is 4.95. The maximum absolute atomic E-state index is 14.8. The van der Waals surface area contributed by atoms with Crippen molar-refractivity contribution in [3.8, 4) is 16.9 Å². The number of likely N-dealkylation sites (tertiary alicyclic amines) is 1. The van der Waals surface area contributed by atoms with Gasteiger partial charge in [0.2, 0.25) is 5.91 Å². The van der Waals surface area contributed by atoms with Gasteiger partial charge in [-0.05, 0) is 87.9 Å². The van der Waals surface area contributed by atoms with Crippen molar-refractivity contribution in [3.63, 3.8) is 0 Å². The molecule has 0 saturated carbocycles. The lowest BCUT2D eigenvalue weighted by atomic mass is 9.92. The Morgan fingerprint density at radius 1 is 1.02 bits per heavy atom. The molecule has 248 valence electrons. The first-order valence-electron chi connectivity index (χ1n) is 16.7. The summed E-state index contributed by atoms with van der Waals surface area (Å²) in [5.74, 6) is 0.965. The van der Waals surface area contributed by atoms with Crippen LogP contribution in [0.5, 0.6) is 5.75 Å². The highest BCUT2D eigenvalue weighted by atomic mass is 19.3. The maximum atomic E-state index is 14.8. The molecular weight excluding hydrogens is 602 g/mol. The van der Waals surface area contributed by atoms with Crippen LogP contribution in [-0.4, -0.2) is 65.0 Å². The summed E-state index contributed by atoms with van der Waals surface area (Å²) in [6, 6.07) is 9.30. The number of nitrogens with one attached hydrogen (secondary N) is 1. The first-order chi connectivity index (χ1) is 22.7. The number of fused-ring (bicyclic) bond motifs is 2. The van der Waals surface area contributed by atoms with Crippen molar-refractivity contribution in [1.82, 2.24) is 24.6 Å². The Bertz CT molecular complexity index is 1870. The number of nitrogens with zero attached hydrogens (tertiary/aromatic N) is 5. The minimum absolute atomic E-state index is 0.0339. The number of ether oxygens (including phenoxy) is 1. The van der Waals surface area contributed by atoms with Gasteiger partial charge in [-0.15, -0.1) is 0 Å². The van der Waals surface area contributed by atoms with E-state index in [0.717, 1.165) is 79.5 Å². The Hall–Kier alpha value is -4.25. The van der Waals surface area contributed by atoms with E-state index in [1.54, 1.807) is 37.9 Å². The Morgan fingerprint density at radius 3 is 2.51 bits per heavy atom.